The number of benzene rings is 2. The first-order valence-corrected chi connectivity index (χ1v) is 32.4. The summed E-state index contributed by atoms with van der Waals surface area (Å²) in [5.41, 5.74) is 1.88. The zero-order chi connectivity index (χ0) is 67.4. The van der Waals surface area contributed by atoms with E-state index in [2.05, 4.69) is 65.0 Å². The van der Waals surface area contributed by atoms with Gasteiger partial charge in [0.05, 0.1) is 48.8 Å². The van der Waals surface area contributed by atoms with Crippen molar-refractivity contribution in [1.29, 1.82) is 0 Å². The smallest absolute Gasteiger partial charge is 0.410 e. The maximum atomic E-state index is 14.7. The molecule has 2 aromatic rings. The number of aliphatic hydroxyl groups is 1. The molecule has 25 heteroatoms. The largest absolute Gasteiger partial charge is 0.445 e. The number of hydrogen-bond donors (Lipinski definition) is 6. The highest BCUT2D eigenvalue weighted by Crippen LogP contribution is 2.32. The molecule has 1 fully saturated rings. The van der Waals surface area contributed by atoms with E-state index >= 15 is 0 Å². The summed E-state index contributed by atoms with van der Waals surface area (Å²) in [5, 5.41) is 24.9. The fraction of sp³-hybridized carbons (Fsp3) is 0.600. The first-order valence-electron chi connectivity index (χ1n) is 30.8. The summed E-state index contributed by atoms with van der Waals surface area (Å²) in [6.07, 6.45) is 0.178. The molecule has 6 N–H and O–H groups in total. The minimum Gasteiger partial charge on any atom is -0.445 e. The van der Waals surface area contributed by atoms with Crippen molar-refractivity contribution in [2.75, 3.05) is 46.7 Å². The van der Waals surface area contributed by atoms with Crippen molar-refractivity contribution in [2.45, 2.75) is 188 Å². The van der Waals surface area contributed by atoms with Gasteiger partial charge in [-0.1, -0.05) is 110 Å². The van der Waals surface area contributed by atoms with E-state index in [1.54, 1.807) is 96.8 Å². The summed E-state index contributed by atoms with van der Waals surface area (Å²) >= 11 is 6.21. The zero-order valence-electron chi connectivity index (χ0n) is 54.6. The van der Waals surface area contributed by atoms with E-state index in [4.69, 9.17) is 14.2 Å². The van der Waals surface area contributed by atoms with Crippen LogP contribution < -0.4 is 26.6 Å². The van der Waals surface area contributed by atoms with Gasteiger partial charge in [-0.3, -0.25) is 53.0 Å². The van der Waals surface area contributed by atoms with Crippen LogP contribution in [0.15, 0.2) is 75.7 Å². The van der Waals surface area contributed by atoms with Gasteiger partial charge in [0.1, 0.15) is 39.7 Å². The molecule has 23 nitrogen and oxygen atoms in total. The molecule has 2 heterocycles. The molecule has 0 aromatic heterocycles. The third-order valence-electron chi connectivity index (χ3n) is 16.8. The molecule has 1 saturated heterocycles. The van der Waals surface area contributed by atoms with E-state index < -0.39 is 114 Å². The summed E-state index contributed by atoms with van der Waals surface area (Å²) in [7, 11) is 6.02. The Bertz CT molecular complexity index is 2850. The van der Waals surface area contributed by atoms with Crippen molar-refractivity contribution in [3.63, 3.8) is 0 Å². The molecule has 0 aliphatic carbocycles. The molecular formula is C65H95Br2N9O14. The van der Waals surface area contributed by atoms with Gasteiger partial charge < -0.3 is 55.7 Å². The lowest BCUT2D eigenvalue weighted by atomic mass is 9.89. The maximum Gasteiger partial charge on any atom is 0.410 e. The molecule has 12 atom stereocenters. The molecule has 2 aliphatic rings. The van der Waals surface area contributed by atoms with Crippen molar-refractivity contribution < 1.29 is 67.3 Å². The number of likely N-dealkylation sites (N-methyl/N-ethyl adjacent to an activating group) is 2. The summed E-state index contributed by atoms with van der Waals surface area (Å²) in [6.45, 7) is 22.0. The van der Waals surface area contributed by atoms with Gasteiger partial charge in [0.2, 0.25) is 41.4 Å². The Kier molecular flexibility index (Phi) is 30.3. The topological polar surface area (TPSA) is 292 Å². The van der Waals surface area contributed by atoms with E-state index in [0.29, 0.717) is 67.5 Å². The summed E-state index contributed by atoms with van der Waals surface area (Å²) < 4.78 is 18.0. The Balaban J connectivity index is 1.31. The van der Waals surface area contributed by atoms with Crippen molar-refractivity contribution in [1.82, 2.24) is 40.9 Å². The number of amides is 10. The van der Waals surface area contributed by atoms with Crippen LogP contribution in [0.4, 0.5) is 10.5 Å². The highest BCUT2D eigenvalue weighted by atomic mass is 79.9. The Morgan fingerprint density at radius 1 is 0.744 bits per heavy atom. The third kappa shape index (κ3) is 20.5. The second-order valence-electron chi connectivity index (χ2n) is 24.3. The predicted molar refractivity (Wildman–Crippen MR) is 348 cm³/mol. The van der Waals surface area contributed by atoms with Crippen LogP contribution in [0.2, 0.25) is 0 Å². The first-order chi connectivity index (χ1) is 42.4. The number of carbonyl (C=O) groups excluding carboxylic acids is 10. The molecule has 0 unspecified atom stereocenters. The van der Waals surface area contributed by atoms with Gasteiger partial charge in [-0.25, -0.2) is 4.79 Å². The number of halogens is 2. The molecule has 2 aliphatic heterocycles. The van der Waals surface area contributed by atoms with Gasteiger partial charge in [-0.05, 0) is 125 Å². The molecule has 0 saturated carbocycles. The Morgan fingerprint density at radius 3 is 1.91 bits per heavy atom. The lowest BCUT2D eigenvalue weighted by Gasteiger charge is -2.41. The lowest BCUT2D eigenvalue weighted by Crippen LogP contribution is -2.60. The van der Waals surface area contributed by atoms with E-state index in [9.17, 15) is 53.1 Å². The van der Waals surface area contributed by atoms with Gasteiger partial charge in [-0.15, -0.1) is 0 Å². The number of imide groups is 1. The SMILES string of the molecule is C=C(C)[C@@H](C(=O)N[C@H](C(=O)N(C)[C@@H]([C@@H](C)CC)[C@@H](CC(=O)N1CCC[C@H]1[C@H](OC)[C@@H](C)C(=O)N[C@H](C)[C@@H](O)c1ccccc1)OC)C(C)C)N(C)C(=O)OCc1ccc(NC(=O)[C@H](C)NC(=O)[C@@H](NC(=O)CCCCCN2C(=O)C(Br)=C(Br)C2=O)C(C)C)cc1. The van der Waals surface area contributed by atoms with E-state index in [1.165, 1.54) is 33.1 Å². The second-order valence-corrected chi connectivity index (χ2v) is 25.9. The van der Waals surface area contributed by atoms with Crippen molar-refractivity contribution >= 4 is 96.8 Å². The van der Waals surface area contributed by atoms with Crippen LogP contribution in [0.3, 0.4) is 0 Å². The lowest BCUT2D eigenvalue weighted by molar-refractivity contribution is -0.148. The Hall–Kier alpha value is -6.54. The number of rotatable bonds is 34. The zero-order valence-corrected chi connectivity index (χ0v) is 57.7. The van der Waals surface area contributed by atoms with Gasteiger partial charge in [-0.2, -0.15) is 0 Å². The predicted octanol–water partition coefficient (Wildman–Crippen LogP) is 7.01. The van der Waals surface area contributed by atoms with Crippen LogP contribution in [0, 0.1) is 23.7 Å². The van der Waals surface area contributed by atoms with Crippen LogP contribution in [-0.4, -0.2) is 180 Å². The molecule has 0 radical (unpaired) electrons. The molecule has 4 rings (SSSR count). The minimum absolute atomic E-state index is 0.0928. The molecular weight excluding hydrogens is 1290 g/mol. The average Bonchev–Trinajstić information content (AvgIpc) is 2.34. The van der Waals surface area contributed by atoms with Crippen molar-refractivity contribution in [2.24, 2.45) is 23.7 Å². The van der Waals surface area contributed by atoms with Crippen molar-refractivity contribution in [3.05, 3.63) is 86.8 Å². The number of nitrogens with one attached hydrogen (secondary N) is 5. The molecule has 498 valence electrons. The Labute approximate surface area is 547 Å². The Morgan fingerprint density at radius 2 is 1.36 bits per heavy atom. The van der Waals surface area contributed by atoms with Gasteiger partial charge in [0.15, 0.2) is 0 Å². The number of carbonyl (C=O) groups is 10. The van der Waals surface area contributed by atoms with Crippen LogP contribution in [0.5, 0.6) is 0 Å². The van der Waals surface area contributed by atoms with Gasteiger partial charge in [0, 0.05) is 53.5 Å². The van der Waals surface area contributed by atoms with Crippen LogP contribution in [0.25, 0.3) is 0 Å². The van der Waals surface area contributed by atoms with Gasteiger partial charge >= 0.3 is 6.09 Å². The monoisotopic (exact) mass is 1380 g/mol. The van der Waals surface area contributed by atoms with Crippen LogP contribution in [0.1, 0.15) is 138 Å². The highest BCUT2D eigenvalue weighted by molar-refractivity contribution is 9.14. The van der Waals surface area contributed by atoms with Crippen LogP contribution in [-0.2, 0) is 64.0 Å². The fourth-order valence-corrected chi connectivity index (χ4v) is 12.0. The van der Waals surface area contributed by atoms with Crippen LogP contribution >= 0.6 is 31.9 Å². The number of nitrogens with zero attached hydrogens (tertiary/aromatic N) is 4. The number of likely N-dealkylation sites (tertiary alicyclic amines) is 1. The number of hydrogen-bond acceptors (Lipinski definition) is 14. The first kappa shape index (κ1) is 75.9. The van der Waals surface area contributed by atoms with E-state index in [0.717, 1.165) is 9.80 Å². The molecule has 0 spiro atoms. The maximum absolute atomic E-state index is 14.7. The number of anilines is 1. The number of aliphatic hydroxyl groups excluding tert-OH is 1. The second kappa shape index (κ2) is 35.9. The number of methoxy groups -OCH3 is 2. The third-order valence-corrected chi connectivity index (χ3v) is 18.8. The van der Waals surface area contributed by atoms with E-state index in [1.807, 2.05) is 32.0 Å². The fourth-order valence-electron chi connectivity index (χ4n) is 11.3. The van der Waals surface area contributed by atoms with E-state index in [-0.39, 0.29) is 64.5 Å². The summed E-state index contributed by atoms with van der Waals surface area (Å²) in [6, 6.07) is 9.54. The average molecular weight is 1390 g/mol. The number of ether oxygens (including phenoxy) is 3. The molecule has 2 aromatic carbocycles. The van der Waals surface area contributed by atoms with Gasteiger partial charge in [0.25, 0.3) is 11.8 Å². The normalized spacial score (nSPS) is 17.9. The number of unbranched alkanes of at least 4 members (excludes halogenated alkanes) is 2. The summed E-state index contributed by atoms with van der Waals surface area (Å²) in [5.74, 6) is -5.57. The molecule has 10 amide bonds. The minimum atomic E-state index is -1.25. The molecule has 0 bridgehead atoms. The standard InChI is InChI=1S/C65H95Br2N9O14/c1-16-39(8)55(47(88-14)34-49(78)75-33-23-26-46(75)57(89-15)40(9)58(80)68-41(10)56(79)44-24-19-17-20-25-44)73(12)64(86)53(37(4)5)72-61(83)54(38(6)7)74(13)65(87)90-35-43-28-30-45(31-29-43)70-59(81)42(11)69-60(82)52(36(2)3)71-48(77)27-21-18-22-32-76-62(84)50(66)51(67)63(76)85/h17,19-20,24-25,28-31,36-37,39-42,46-47,52-57,79H,6,16,18,21-23,26-27,32-35H2,1-5,7-15H3,(H,68,80)(H,69,82)(H,70,81)(H,71,77)(H,72,83)/t39-,40+,41+,42-,46-,47+,52-,53-,54-,55-,56+,57+/m0/s1. The van der Waals surface area contributed by atoms with Crippen molar-refractivity contribution in [3.8, 4) is 0 Å². The molecule has 90 heavy (non-hydrogen) atoms. The summed E-state index contributed by atoms with van der Waals surface area (Å²) in [4.78, 5) is 140. The highest BCUT2D eigenvalue weighted by Gasteiger charge is 2.44. The quantitative estimate of drug-likeness (QED) is 0.0233.